The van der Waals surface area contributed by atoms with Gasteiger partial charge in [0, 0.05) is 99.7 Å². The average Bonchev–Trinajstić information content (AvgIpc) is 1.56. The summed E-state index contributed by atoms with van der Waals surface area (Å²) in [6.07, 6.45) is 0. The molecule has 0 N–H and O–H groups in total. The van der Waals surface area contributed by atoms with Crippen molar-refractivity contribution in [2.24, 2.45) is 0 Å². The molecule has 3 aliphatic carbocycles. The highest BCUT2D eigenvalue weighted by Crippen LogP contribution is 2.58. The van der Waals surface area contributed by atoms with Crippen LogP contribution < -0.4 is 14.7 Å². The van der Waals surface area contributed by atoms with E-state index in [9.17, 15) is 0 Å². The Morgan fingerprint density at radius 2 is 0.388 bits per heavy atom. The fourth-order valence-corrected chi connectivity index (χ4v) is 22.1. The zero-order chi connectivity index (χ0) is 93.2. The predicted octanol–water partition coefficient (Wildman–Crippen LogP) is 37.6. The van der Waals surface area contributed by atoms with Gasteiger partial charge in [-0.15, -0.1) is 0 Å². The molecule has 662 valence electrons. The molecule has 3 aliphatic rings. The lowest BCUT2D eigenvalue weighted by Gasteiger charge is -2.28. The maximum absolute atomic E-state index is 6.32. The van der Waals surface area contributed by atoms with Crippen molar-refractivity contribution in [1.82, 2.24) is 0 Å². The molecular weight excluding hydrogens is 1690 g/mol. The van der Waals surface area contributed by atoms with E-state index in [0.29, 0.717) is 0 Å². The van der Waals surface area contributed by atoms with Gasteiger partial charge in [0.1, 0.15) is 33.5 Å². The molecule has 3 heterocycles. The van der Waals surface area contributed by atoms with Crippen molar-refractivity contribution in [3.05, 3.63) is 513 Å². The van der Waals surface area contributed by atoms with Crippen LogP contribution in [0.3, 0.4) is 0 Å². The third-order valence-corrected chi connectivity index (χ3v) is 29.4. The van der Waals surface area contributed by atoms with Crippen LogP contribution in [0.25, 0.3) is 166 Å². The summed E-state index contributed by atoms with van der Waals surface area (Å²) < 4.78 is 18.9. The van der Waals surface area contributed by atoms with Gasteiger partial charge in [-0.25, -0.2) is 0 Å². The van der Waals surface area contributed by atoms with Crippen LogP contribution in [0, 0.1) is 0 Å². The molecule has 24 aromatic rings. The van der Waals surface area contributed by atoms with Crippen LogP contribution in [0.15, 0.2) is 492 Å². The van der Waals surface area contributed by atoms with Crippen LogP contribution >= 0.6 is 0 Å². The highest BCUT2D eigenvalue weighted by Gasteiger charge is 2.41. The Kier molecular flexibility index (Phi) is 20.2. The maximum atomic E-state index is 6.32. The average molecular weight is 1790 g/mol. The summed E-state index contributed by atoms with van der Waals surface area (Å²) >= 11 is 0. The Morgan fingerprint density at radius 3 is 0.748 bits per heavy atom. The van der Waals surface area contributed by atoms with Gasteiger partial charge in [-0.05, 0) is 303 Å². The number of hydrogen-bond donors (Lipinski definition) is 0. The van der Waals surface area contributed by atoms with Crippen molar-refractivity contribution < 1.29 is 13.3 Å². The predicted molar refractivity (Wildman–Crippen MR) is 583 cm³/mol. The quantitative estimate of drug-likeness (QED) is 0.108. The summed E-state index contributed by atoms with van der Waals surface area (Å²) in [6.45, 7) is 14.0. The first-order chi connectivity index (χ1) is 68.1. The van der Waals surface area contributed by atoms with Crippen LogP contribution in [0.5, 0.6) is 0 Å². The van der Waals surface area contributed by atoms with Crippen molar-refractivity contribution in [3.8, 4) is 89.0 Å². The molecule has 0 atom stereocenters. The highest BCUT2D eigenvalue weighted by atomic mass is 16.3. The second-order valence-corrected chi connectivity index (χ2v) is 38.6. The molecule has 21 aromatic carbocycles. The number of fused-ring (bicyclic) bond motifs is 19. The number of para-hydroxylation sites is 4. The summed E-state index contributed by atoms with van der Waals surface area (Å²) in [6, 6.07) is 173. The molecule has 0 saturated carbocycles. The topological polar surface area (TPSA) is 49.1 Å². The maximum Gasteiger partial charge on any atom is 0.135 e. The van der Waals surface area contributed by atoms with Crippen molar-refractivity contribution in [2.75, 3.05) is 14.7 Å². The van der Waals surface area contributed by atoms with Gasteiger partial charge >= 0.3 is 0 Å². The molecule has 0 fully saturated rings. The summed E-state index contributed by atoms with van der Waals surface area (Å²) in [5.74, 6) is 0. The van der Waals surface area contributed by atoms with Gasteiger partial charge in [-0.2, -0.15) is 0 Å². The number of anilines is 9. The van der Waals surface area contributed by atoms with E-state index in [-0.39, 0.29) is 16.2 Å². The van der Waals surface area contributed by atoms with E-state index in [0.717, 1.165) is 95.5 Å². The number of benzene rings is 21. The van der Waals surface area contributed by atoms with Gasteiger partial charge < -0.3 is 28.0 Å². The lowest BCUT2D eigenvalue weighted by molar-refractivity contribution is 0.647. The summed E-state index contributed by atoms with van der Waals surface area (Å²) in [4.78, 5) is 7.12. The second kappa shape index (κ2) is 33.6. The molecule has 0 amide bonds. The van der Waals surface area contributed by atoms with Crippen molar-refractivity contribution in [3.63, 3.8) is 0 Å². The first-order valence-electron chi connectivity index (χ1n) is 48.1. The molecule has 0 bridgehead atoms. The summed E-state index contributed by atoms with van der Waals surface area (Å²) in [5, 5.41) is 9.52. The van der Waals surface area contributed by atoms with E-state index in [4.69, 9.17) is 13.3 Å². The summed E-state index contributed by atoms with van der Waals surface area (Å²) in [5.41, 5.74) is 43.1. The van der Waals surface area contributed by atoms with E-state index < -0.39 is 0 Å². The van der Waals surface area contributed by atoms with E-state index in [1.807, 2.05) is 18.2 Å². The molecule has 3 aromatic heterocycles. The van der Waals surface area contributed by atoms with Crippen LogP contribution in [0.2, 0.25) is 0 Å². The van der Waals surface area contributed by atoms with E-state index in [1.165, 1.54) is 155 Å². The fourth-order valence-electron chi connectivity index (χ4n) is 22.1. The minimum absolute atomic E-state index is 0.143. The second-order valence-electron chi connectivity index (χ2n) is 38.6. The lowest BCUT2D eigenvalue weighted by atomic mass is 9.82. The molecule has 27 rings (SSSR count). The number of rotatable bonds is 14. The minimum atomic E-state index is -0.187. The number of nitrogens with zero attached hydrogens (tertiary/aromatic N) is 3. The lowest BCUT2D eigenvalue weighted by Crippen LogP contribution is -2.16. The molecule has 6 heteroatoms. The minimum Gasteiger partial charge on any atom is -0.456 e. The van der Waals surface area contributed by atoms with Crippen molar-refractivity contribution >= 4 is 128 Å². The van der Waals surface area contributed by atoms with Gasteiger partial charge in [-0.1, -0.05) is 351 Å². The van der Waals surface area contributed by atoms with Gasteiger partial charge in [0.05, 0.1) is 0 Å². The van der Waals surface area contributed by atoms with Gasteiger partial charge in [0.2, 0.25) is 0 Å². The molecular formula is C133H97N3O3. The van der Waals surface area contributed by atoms with Gasteiger partial charge in [0.25, 0.3) is 0 Å². The molecule has 139 heavy (non-hydrogen) atoms. The Balaban J connectivity index is 0.000000110. The normalized spacial score (nSPS) is 13.1. The monoisotopic (exact) mass is 1780 g/mol. The van der Waals surface area contributed by atoms with E-state index in [2.05, 4.69) is 517 Å². The molecule has 0 unspecified atom stereocenters. The molecule has 0 spiro atoms. The summed E-state index contributed by atoms with van der Waals surface area (Å²) in [7, 11) is 0. The van der Waals surface area contributed by atoms with Crippen LogP contribution in [0.1, 0.15) is 74.9 Å². The van der Waals surface area contributed by atoms with Crippen LogP contribution in [-0.2, 0) is 16.2 Å². The standard InChI is InChI=1S/2C45H33NO.C43H31NO/c1-45(2)41-27-36(25-26-37(41)39-28-40-38-15-9-10-16-43(38)47-44(40)29-42(39)45)46(34-21-17-32(18-22-34)30-11-5-3-6-12-30)35-23-19-33(20-24-35)31-13-7-4-8-14-31;1-45(2)41-26-25-36(27-38(41)39-28-40-37-15-9-10-16-43(37)47-44(40)29-42(39)45)46(34-21-17-32(18-22-34)30-11-5-3-6-12-30)35-23-19-33(20-24-35)31-13-7-4-8-14-31;1-43(2)39-25-34(22-23-35(39)37-26-38-36-14-8-9-15-41(36)45-42(38)27-40(37)43)44(32-12-4-3-5-13-32)33-20-18-29(19-21-33)31-17-16-28-10-6-7-11-30(28)24-31/h2*3-29H,1-2H3;3-27H,1-2H3. The Bertz CT molecular complexity index is 8680. The van der Waals surface area contributed by atoms with E-state index in [1.54, 1.807) is 0 Å². The zero-order valence-corrected chi connectivity index (χ0v) is 78.2. The fraction of sp³-hybridized carbons (Fsp3) is 0.0677. The highest BCUT2D eigenvalue weighted by molar-refractivity contribution is 6.11. The molecule has 0 radical (unpaired) electrons. The Morgan fingerprint density at radius 1 is 0.144 bits per heavy atom. The molecule has 6 nitrogen and oxygen atoms in total. The smallest absolute Gasteiger partial charge is 0.135 e. The first-order valence-corrected chi connectivity index (χ1v) is 48.1. The first kappa shape index (κ1) is 83.5. The van der Waals surface area contributed by atoms with Crippen LogP contribution in [-0.4, -0.2) is 0 Å². The SMILES string of the molecule is CC1(C)c2cc(N(c3ccc(-c4ccccc4)cc3)c3ccc(-c4ccccc4)cc3)ccc2-c2cc3c(cc21)oc1ccccc13.CC1(C)c2cc(N(c3ccccc3)c3ccc(-c4ccc5ccccc5c4)cc3)ccc2-c2cc3c(cc21)oc1ccccc13.CC1(C)c2ccc(N(c3ccc(-c4ccccc4)cc3)c3ccc(-c4ccccc4)cc3)cc2-c2cc3c(cc21)oc1ccccc13. The van der Waals surface area contributed by atoms with Gasteiger partial charge in [-0.3, -0.25) is 0 Å². The molecule has 0 aliphatic heterocycles. The third-order valence-electron chi connectivity index (χ3n) is 29.4. The van der Waals surface area contributed by atoms with E-state index >= 15 is 0 Å². The Labute approximate surface area is 809 Å². The third kappa shape index (κ3) is 14.6. The van der Waals surface area contributed by atoms with Gasteiger partial charge in [0.15, 0.2) is 0 Å². The van der Waals surface area contributed by atoms with Crippen molar-refractivity contribution in [1.29, 1.82) is 0 Å². The number of hydrogen-bond acceptors (Lipinski definition) is 6. The van der Waals surface area contributed by atoms with Crippen molar-refractivity contribution in [2.45, 2.75) is 57.8 Å². The zero-order valence-electron chi connectivity index (χ0n) is 78.2. The largest absolute Gasteiger partial charge is 0.456 e. The Hall–Kier alpha value is -17.3. The molecule has 0 saturated heterocycles. The van der Waals surface area contributed by atoms with Crippen LogP contribution in [0.4, 0.5) is 51.2 Å². The number of furan rings is 3.